The van der Waals surface area contributed by atoms with Gasteiger partial charge in [0.05, 0.1) is 23.0 Å². The van der Waals surface area contributed by atoms with Gasteiger partial charge in [0, 0.05) is 25.7 Å². The molecule has 216 valence electrons. The molecule has 3 saturated heterocycles. The smallest absolute Gasteiger partial charge is 0.408 e. The van der Waals surface area contributed by atoms with Crippen molar-refractivity contribution < 1.29 is 27.5 Å². The number of fused-ring (bicyclic) bond motifs is 3. The number of nitriles is 1. The Kier molecular flexibility index (Phi) is 7.31. The first-order valence-electron chi connectivity index (χ1n) is 13.7. The SMILES string of the molecule is CC(C)(C)OC(=O)NC(CN1C[C@@H]2CC1C(=O)N2[C@H]1CCc2cc(S(N)(=O)=O)ccc21)C(=O)N1CCCC1C#N. The van der Waals surface area contributed by atoms with E-state index in [0.29, 0.717) is 45.2 Å². The van der Waals surface area contributed by atoms with Crippen LogP contribution in [-0.2, 0) is 30.8 Å². The van der Waals surface area contributed by atoms with Gasteiger partial charge in [0.25, 0.3) is 0 Å². The van der Waals surface area contributed by atoms with Crippen molar-refractivity contribution >= 4 is 27.9 Å². The monoisotopic (exact) mass is 572 g/mol. The zero-order valence-corrected chi connectivity index (χ0v) is 23.8. The van der Waals surface area contributed by atoms with Gasteiger partial charge in [0.15, 0.2) is 0 Å². The fourth-order valence-electron chi connectivity index (χ4n) is 6.57. The number of carbonyl (C=O) groups excluding carboxylic acids is 3. The van der Waals surface area contributed by atoms with E-state index in [9.17, 15) is 28.1 Å². The second-order valence-electron chi connectivity index (χ2n) is 12.1. The Morgan fingerprint density at radius 2 is 2.00 bits per heavy atom. The molecule has 2 bridgehead atoms. The van der Waals surface area contributed by atoms with Crippen LogP contribution in [0.2, 0.25) is 0 Å². The third-order valence-corrected chi connectivity index (χ3v) is 9.14. The molecule has 5 atom stereocenters. The molecule has 12 nitrogen and oxygen atoms in total. The minimum absolute atomic E-state index is 0.0378. The lowest BCUT2D eigenvalue weighted by molar-refractivity contribution is -0.141. The summed E-state index contributed by atoms with van der Waals surface area (Å²) in [6, 6.07) is 4.86. The van der Waals surface area contributed by atoms with Crippen LogP contribution in [0.4, 0.5) is 4.79 Å². The van der Waals surface area contributed by atoms with Crippen LogP contribution in [-0.4, -0.2) is 90.4 Å². The van der Waals surface area contributed by atoms with Gasteiger partial charge in [-0.25, -0.2) is 18.4 Å². The summed E-state index contributed by atoms with van der Waals surface area (Å²) in [5.74, 6) is -0.387. The molecule has 13 heteroatoms. The maximum Gasteiger partial charge on any atom is 0.408 e. The molecule has 1 aromatic rings. The van der Waals surface area contributed by atoms with Crippen molar-refractivity contribution in [3.8, 4) is 6.07 Å². The summed E-state index contributed by atoms with van der Waals surface area (Å²) in [6.07, 6.45) is 2.54. The number of piperazine rings is 1. The molecule has 0 radical (unpaired) electrons. The molecule has 4 aliphatic rings. The number of hydrogen-bond donors (Lipinski definition) is 2. The summed E-state index contributed by atoms with van der Waals surface area (Å²) in [5, 5.41) is 17.5. The van der Waals surface area contributed by atoms with Gasteiger partial charge in [-0.15, -0.1) is 0 Å². The van der Waals surface area contributed by atoms with E-state index in [1.165, 1.54) is 11.0 Å². The number of carbonyl (C=O) groups is 3. The zero-order chi connectivity index (χ0) is 29.0. The fraction of sp³-hybridized carbons (Fsp3) is 0.630. The number of aryl methyl sites for hydroxylation is 1. The summed E-state index contributed by atoms with van der Waals surface area (Å²) in [5.41, 5.74) is 1.07. The average Bonchev–Trinajstić information content (AvgIpc) is 3.64. The average molecular weight is 573 g/mol. The van der Waals surface area contributed by atoms with Crippen molar-refractivity contribution in [3.05, 3.63) is 29.3 Å². The molecule has 3 unspecified atom stereocenters. The quantitative estimate of drug-likeness (QED) is 0.510. The van der Waals surface area contributed by atoms with E-state index in [0.717, 1.165) is 11.1 Å². The molecule has 3 fully saturated rings. The summed E-state index contributed by atoms with van der Waals surface area (Å²) < 4.78 is 29.0. The van der Waals surface area contributed by atoms with E-state index in [2.05, 4.69) is 11.4 Å². The number of likely N-dealkylation sites (tertiary alicyclic amines) is 3. The van der Waals surface area contributed by atoms with E-state index >= 15 is 0 Å². The topological polar surface area (TPSA) is 166 Å². The molecule has 3 aliphatic heterocycles. The largest absolute Gasteiger partial charge is 0.444 e. The van der Waals surface area contributed by atoms with Crippen LogP contribution in [0.5, 0.6) is 0 Å². The fourth-order valence-corrected chi connectivity index (χ4v) is 7.14. The molecule has 1 aromatic carbocycles. The van der Waals surface area contributed by atoms with E-state index in [1.54, 1.807) is 32.9 Å². The standard InChI is InChI=1S/C27H36N6O6S/c1-27(2,3)39-26(36)30-21(24(34)32-10-4-5-17(32)13-28)15-31-14-18-12-23(31)25(35)33(18)22-9-6-16-11-19(40(29,37)38)7-8-20(16)22/h7-8,11,17-18,21-23H,4-6,9-10,12,14-15H2,1-3H3,(H,30,36)(H2,29,37,38)/t17?,18-,21?,22-,23?/m0/s1. The van der Waals surface area contributed by atoms with Gasteiger partial charge in [-0.2, -0.15) is 5.26 Å². The van der Waals surface area contributed by atoms with Crippen LogP contribution in [0.1, 0.15) is 63.6 Å². The number of primary sulfonamides is 1. The van der Waals surface area contributed by atoms with Crippen LogP contribution in [0.3, 0.4) is 0 Å². The Hall–Kier alpha value is -3.21. The summed E-state index contributed by atoms with van der Waals surface area (Å²) in [7, 11) is -3.81. The minimum atomic E-state index is -3.81. The highest BCUT2D eigenvalue weighted by molar-refractivity contribution is 7.89. The van der Waals surface area contributed by atoms with Crippen LogP contribution in [0.15, 0.2) is 23.1 Å². The first-order valence-corrected chi connectivity index (χ1v) is 15.2. The maximum atomic E-state index is 13.6. The number of hydrogen-bond acceptors (Lipinski definition) is 8. The van der Waals surface area contributed by atoms with Gasteiger partial charge >= 0.3 is 6.09 Å². The molecule has 3 N–H and O–H groups in total. The number of benzene rings is 1. The number of nitrogens with one attached hydrogen (secondary N) is 1. The van der Waals surface area contributed by atoms with Gasteiger partial charge < -0.3 is 19.9 Å². The number of sulfonamides is 1. The van der Waals surface area contributed by atoms with Crippen molar-refractivity contribution in [2.45, 2.75) is 93.6 Å². The summed E-state index contributed by atoms with van der Waals surface area (Å²) in [6.45, 7) is 6.32. The lowest BCUT2D eigenvalue weighted by Crippen LogP contribution is -2.59. The molecule has 1 aliphatic carbocycles. The number of alkyl carbamates (subject to hydrolysis) is 1. The van der Waals surface area contributed by atoms with Crippen LogP contribution < -0.4 is 10.5 Å². The Balaban J connectivity index is 1.31. The third kappa shape index (κ3) is 5.40. The molecule has 0 saturated carbocycles. The normalized spacial score (nSPS) is 27.0. The minimum Gasteiger partial charge on any atom is -0.444 e. The highest BCUT2D eigenvalue weighted by Crippen LogP contribution is 2.44. The van der Waals surface area contributed by atoms with Crippen molar-refractivity contribution in [2.75, 3.05) is 19.6 Å². The van der Waals surface area contributed by atoms with Crippen molar-refractivity contribution in [1.29, 1.82) is 5.26 Å². The highest BCUT2D eigenvalue weighted by atomic mass is 32.2. The number of nitrogens with two attached hydrogens (primary N) is 1. The predicted molar refractivity (Wildman–Crippen MR) is 143 cm³/mol. The molecular formula is C27H36N6O6S. The molecule has 0 spiro atoms. The van der Waals surface area contributed by atoms with Gasteiger partial charge in [-0.3, -0.25) is 14.5 Å². The molecule has 40 heavy (non-hydrogen) atoms. The van der Waals surface area contributed by atoms with Crippen LogP contribution in [0, 0.1) is 11.3 Å². The Morgan fingerprint density at radius 1 is 1.25 bits per heavy atom. The predicted octanol–water partition coefficient (Wildman–Crippen LogP) is 1.01. The second-order valence-corrected chi connectivity index (χ2v) is 13.6. The van der Waals surface area contributed by atoms with Gasteiger partial charge in [0.1, 0.15) is 17.7 Å². The molecule has 0 aromatic heterocycles. The number of amides is 3. The zero-order valence-electron chi connectivity index (χ0n) is 23.0. The van der Waals surface area contributed by atoms with E-state index in [4.69, 9.17) is 9.88 Å². The summed E-state index contributed by atoms with van der Waals surface area (Å²) >= 11 is 0. The van der Waals surface area contributed by atoms with E-state index in [-0.39, 0.29) is 35.3 Å². The molecular weight excluding hydrogens is 536 g/mol. The van der Waals surface area contributed by atoms with Crippen LogP contribution >= 0.6 is 0 Å². The number of rotatable bonds is 6. The Bertz CT molecular complexity index is 1370. The van der Waals surface area contributed by atoms with Crippen molar-refractivity contribution in [2.24, 2.45) is 5.14 Å². The first-order chi connectivity index (χ1) is 18.8. The maximum absolute atomic E-state index is 13.6. The van der Waals surface area contributed by atoms with E-state index < -0.39 is 39.8 Å². The lowest BCUT2D eigenvalue weighted by Gasteiger charge is -2.39. The van der Waals surface area contributed by atoms with Gasteiger partial charge in [0.2, 0.25) is 21.8 Å². The molecule has 5 rings (SSSR count). The lowest BCUT2D eigenvalue weighted by atomic mass is 10.1. The van der Waals surface area contributed by atoms with Crippen LogP contribution in [0.25, 0.3) is 0 Å². The first kappa shape index (κ1) is 28.3. The highest BCUT2D eigenvalue weighted by Gasteiger charge is 2.53. The van der Waals surface area contributed by atoms with Gasteiger partial charge in [-0.05, 0) is 76.1 Å². The van der Waals surface area contributed by atoms with Crippen molar-refractivity contribution in [1.82, 2.24) is 20.0 Å². The number of nitrogens with zero attached hydrogens (tertiary/aromatic N) is 4. The summed E-state index contributed by atoms with van der Waals surface area (Å²) in [4.78, 5) is 45.3. The van der Waals surface area contributed by atoms with E-state index in [1.807, 2.05) is 9.80 Å². The molecule has 3 amide bonds. The second kappa shape index (κ2) is 10.3. The van der Waals surface area contributed by atoms with Gasteiger partial charge in [-0.1, -0.05) is 6.07 Å². The van der Waals surface area contributed by atoms with Crippen molar-refractivity contribution in [3.63, 3.8) is 0 Å². The Morgan fingerprint density at radius 3 is 2.65 bits per heavy atom. The Labute approximate surface area is 234 Å². The molecule has 3 heterocycles. The third-order valence-electron chi connectivity index (χ3n) is 8.23. The number of ether oxygens (including phenoxy) is 1.